The van der Waals surface area contributed by atoms with Crippen LogP contribution in [0.3, 0.4) is 0 Å². The summed E-state index contributed by atoms with van der Waals surface area (Å²) >= 11 is 6.08. The number of sulfonamides is 1. The second-order valence-corrected chi connectivity index (χ2v) is 7.12. The van der Waals surface area contributed by atoms with E-state index >= 15 is 0 Å². The lowest BCUT2D eigenvalue weighted by atomic mass is 10.2. The van der Waals surface area contributed by atoms with E-state index in [9.17, 15) is 8.42 Å². The SMILES string of the molecule is Cc1cccc(Cl)c1NS(=O)(=O)c1ccc2c(c1)CCN2. The van der Waals surface area contributed by atoms with Gasteiger partial charge in [-0.15, -0.1) is 0 Å². The van der Waals surface area contributed by atoms with Gasteiger partial charge in [0.25, 0.3) is 10.0 Å². The molecule has 0 saturated carbocycles. The lowest BCUT2D eigenvalue weighted by Crippen LogP contribution is -2.14. The number of para-hydroxylation sites is 1. The van der Waals surface area contributed by atoms with E-state index in [1.54, 1.807) is 30.3 Å². The Hall–Kier alpha value is -1.72. The zero-order chi connectivity index (χ0) is 15.0. The first-order chi connectivity index (χ1) is 9.97. The van der Waals surface area contributed by atoms with Crippen LogP contribution in [-0.4, -0.2) is 15.0 Å². The molecule has 0 fully saturated rings. The van der Waals surface area contributed by atoms with Crippen molar-refractivity contribution in [1.82, 2.24) is 0 Å². The molecule has 1 aliphatic rings. The Balaban J connectivity index is 1.98. The first kappa shape index (κ1) is 14.2. The van der Waals surface area contributed by atoms with Crippen LogP contribution < -0.4 is 10.0 Å². The van der Waals surface area contributed by atoms with Crippen molar-refractivity contribution in [1.29, 1.82) is 0 Å². The molecule has 110 valence electrons. The fourth-order valence-electron chi connectivity index (χ4n) is 2.40. The average molecular weight is 323 g/mol. The van der Waals surface area contributed by atoms with Gasteiger partial charge in [-0.2, -0.15) is 0 Å². The number of anilines is 2. The molecule has 0 saturated heterocycles. The summed E-state index contributed by atoms with van der Waals surface area (Å²) in [6.07, 6.45) is 0.837. The molecule has 0 bridgehead atoms. The standard InChI is InChI=1S/C15H15ClN2O2S/c1-10-3-2-4-13(16)15(10)18-21(19,20)12-5-6-14-11(9-12)7-8-17-14/h2-6,9,17-18H,7-8H2,1H3. The van der Waals surface area contributed by atoms with Crippen molar-refractivity contribution in [3.63, 3.8) is 0 Å². The maximum absolute atomic E-state index is 12.5. The van der Waals surface area contributed by atoms with E-state index in [4.69, 9.17) is 11.6 Å². The van der Waals surface area contributed by atoms with Crippen LogP contribution in [0.15, 0.2) is 41.3 Å². The number of halogens is 1. The van der Waals surface area contributed by atoms with Crippen LogP contribution in [0, 0.1) is 6.92 Å². The summed E-state index contributed by atoms with van der Waals surface area (Å²) in [6, 6.07) is 10.4. The minimum Gasteiger partial charge on any atom is -0.384 e. The Morgan fingerprint density at radius 1 is 1.24 bits per heavy atom. The molecule has 3 rings (SSSR count). The molecule has 0 amide bonds. The molecule has 0 unspecified atom stereocenters. The number of benzene rings is 2. The summed E-state index contributed by atoms with van der Waals surface area (Å²) in [6.45, 7) is 2.66. The van der Waals surface area contributed by atoms with E-state index < -0.39 is 10.0 Å². The van der Waals surface area contributed by atoms with Gasteiger partial charge in [-0.25, -0.2) is 8.42 Å². The van der Waals surface area contributed by atoms with Crippen LogP contribution in [0.25, 0.3) is 0 Å². The number of aryl methyl sites for hydroxylation is 1. The summed E-state index contributed by atoms with van der Waals surface area (Å²) in [5, 5.41) is 3.60. The minimum absolute atomic E-state index is 0.254. The van der Waals surface area contributed by atoms with Crippen LogP contribution >= 0.6 is 11.6 Å². The number of hydrogen-bond acceptors (Lipinski definition) is 3. The fraction of sp³-hybridized carbons (Fsp3) is 0.200. The number of rotatable bonds is 3. The minimum atomic E-state index is -3.64. The quantitative estimate of drug-likeness (QED) is 0.910. The Labute approximate surface area is 129 Å². The van der Waals surface area contributed by atoms with Crippen molar-refractivity contribution in [2.24, 2.45) is 0 Å². The number of fused-ring (bicyclic) bond motifs is 1. The van der Waals surface area contributed by atoms with Gasteiger partial charge in [-0.3, -0.25) is 4.72 Å². The van der Waals surface area contributed by atoms with E-state index in [0.29, 0.717) is 10.7 Å². The Bertz CT molecular complexity index is 783. The van der Waals surface area contributed by atoms with Gasteiger partial charge in [-0.1, -0.05) is 23.7 Å². The zero-order valence-corrected chi connectivity index (χ0v) is 13.1. The van der Waals surface area contributed by atoms with Gasteiger partial charge >= 0.3 is 0 Å². The van der Waals surface area contributed by atoms with Gasteiger partial charge in [-0.05, 0) is 48.7 Å². The Kier molecular flexibility index (Phi) is 3.55. The van der Waals surface area contributed by atoms with Crippen LogP contribution in [0.1, 0.15) is 11.1 Å². The predicted octanol–water partition coefficient (Wildman–Crippen LogP) is 3.42. The van der Waals surface area contributed by atoms with E-state index in [1.807, 2.05) is 13.0 Å². The maximum Gasteiger partial charge on any atom is 0.261 e. The number of hydrogen-bond donors (Lipinski definition) is 2. The lowest BCUT2D eigenvalue weighted by molar-refractivity contribution is 0.601. The average Bonchev–Trinajstić information content (AvgIpc) is 2.90. The molecule has 0 aromatic heterocycles. The Morgan fingerprint density at radius 3 is 2.81 bits per heavy atom. The van der Waals surface area contributed by atoms with Crippen molar-refractivity contribution < 1.29 is 8.42 Å². The highest BCUT2D eigenvalue weighted by Crippen LogP contribution is 2.30. The van der Waals surface area contributed by atoms with Crippen LogP contribution in [0.5, 0.6) is 0 Å². The van der Waals surface area contributed by atoms with Crippen LogP contribution in [-0.2, 0) is 16.4 Å². The molecule has 2 aromatic rings. The van der Waals surface area contributed by atoms with Gasteiger partial charge in [0.05, 0.1) is 15.6 Å². The molecular formula is C15H15ClN2O2S. The normalized spacial score (nSPS) is 13.6. The van der Waals surface area contributed by atoms with E-state index in [-0.39, 0.29) is 4.90 Å². The van der Waals surface area contributed by atoms with Gasteiger partial charge in [0.1, 0.15) is 0 Å². The summed E-state index contributed by atoms with van der Waals surface area (Å²) in [7, 11) is -3.64. The van der Waals surface area contributed by atoms with Crippen molar-refractivity contribution in [3.05, 3.63) is 52.5 Å². The fourth-order valence-corrected chi connectivity index (χ4v) is 3.93. The molecule has 0 radical (unpaired) electrons. The van der Waals surface area contributed by atoms with Gasteiger partial charge < -0.3 is 5.32 Å². The summed E-state index contributed by atoms with van der Waals surface area (Å²) in [5.74, 6) is 0. The molecule has 0 aliphatic carbocycles. The second-order valence-electron chi connectivity index (χ2n) is 5.03. The molecule has 6 heteroatoms. The molecule has 1 heterocycles. The molecular weight excluding hydrogens is 308 g/mol. The molecule has 0 spiro atoms. The number of nitrogens with one attached hydrogen (secondary N) is 2. The summed E-state index contributed by atoms with van der Waals surface area (Å²) in [5.41, 5.74) is 3.24. The lowest BCUT2D eigenvalue weighted by Gasteiger charge is -2.13. The first-order valence-corrected chi connectivity index (χ1v) is 8.48. The molecule has 1 aliphatic heterocycles. The van der Waals surface area contributed by atoms with E-state index in [0.717, 1.165) is 29.8 Å². The third kappa shape index (κ3) is 2.71. The largest absolute Gasteiger partial charge is 0.384 e. The summed E-state index contributed by atoms with van der Waals surface area (Å²) in [4.78, 5) is 0.254. The molecule has 2 aromatic carbocycles. The maximum atomic E-state index is 12.5. The van der Waals surface area contributed by atoms with E-state index in [2.05, 4.69) is 10.0 Å². The molecule has 0 atom stereocenters. The third-order valence-electron chi connectivity index (χ3n) is 3.56. The van der Waals surface area contributed by atoms with Gasteiger partial charge in [0.15, 0.2) is 0 Å². The highest BCUT2D eigenvalue weighted by atomic mass is 35.5. The third-order valence-corrected chi connectivity index (χ3v) is 5.22. The monoisotopic (exact) mass is 322 g/mol. The topological polar surface area (TPSA) is 58.2 Å². The molecule has 4 nitrogen and oxygen atoms in total. The van der Waals surface area contributed by atoms with Crippen molar-refractivity contribution in [2.45, 2.75) is 18.2 Å². The van der Waals surface area contributed by atoms with Crippen molar-refractivity contribution >= 4 is 33.0 Å². The smallest absolute Gasteiger partial charge is 0.261 e. The van der Waals surface area contributed by atoms with Crippen LogP contribution in [0.4, 0.5) is 11.4 Å². The van der Waals surface area contributed by atoms with Crippen molar-refractivity contribution in [2.75, 3.05) is 16.6 Å². The van der Waals surface area contributed by atoms with Crippen molar-refractivity contribution in [3.8, 4) is 0 Å². The van der Waals surface area contributed by atoms with Gasteiger partial charge in [0.2, 0.25) is 0 Å². The zero-order valence-electron chi connectivity index (χ0n) is 11.5. The highest BCUT2D eigenvalue weighted by Gasteiger charge is 2.20. The highest BCUT2D eigenvalue weighted by molar-refractivity contribution is 7.92. The summed E-state index contributed by atoms with van der Waals surface area (Å²) < 4.78 is 27.6. The van der Waals surface area contributed by atoms with Gasteiger partial charge in [0, 0.05) is 12.2 Å². The predicted molar refractivity (Wildman–Crippen MR) is 85.6 cm³/mol. The Morgan fingerprint density at radius 2 is 2.05 bits per heavy atom. The second kappa shape index (κ2) is 5.24. The van der Waals surface area contributed by atoms with E-state index in [1.165, 1.54) is 0 Å². The first-order valence-electron chi connectivity index (χ1n) is 6.62. The molecule has 21 heavy (non-hydrogen) atoms. The molecule has 2 N–H and O–H groups in total. The van der Waals surface area contributed by atoms with Crippen LogP contribution in [0.2, 0.25) is 5.02 Å².